The predicted octanol–water partition coefficient (Wildman–Crippen LogP) is 4.06. The number of thioether (sulfide) groups is 1. The van der Waals surface area contributed by atoms with Gasteiger partial charge in [0.25, 0.3) is 0 Å². The second-order valence-corrected chi connectivity index (χ2v) is 6.83. The highest BCUT2D eigenvalue weighted by atomic mass is 32.2. The number of nitrogens with one attached hydrogen (secondary N) is 1. The summed E-state index contributed by atoms with van der Waals surface area (Å²) < 4.78 is 5.10. The van der Waals surface area contributed by atoms with Crippen LogP contribution < -0.4 is 5.32 Å². The van der Waals surface area contributed by atoms with E-state index in [4.69, 9.17) is 4.52 Å². The van der Waals surface area contributed by atoms with Crippen molar-refractivity contribution in [1.82, 2.24) is 10.1 Å². The Morgan fingerprint density at radius 1 is 1.21 bits per heavy atom. The van der Waals surface area contributed by atoms with Gasteiger partial charge in [0, 0.05) is 23.1 Å². The molecule has 1 aliphatic rings. The smallest absolute Gasteiger partial charge is 0.223 e. The first kappa shape index (κ1) is 15.0. The fourth-order valence-electron chi connectivity index (χ4n) is 2.89. The standard InChI is InChI=1S/C18H15N3O2S/c1-10-13(4-3-5-14(10)18-19-11(2)23-21-18)12-6-7-15-16(8-12)24-17(9-22)20-15/h3-9,17,20H,1-2H3. The molecule has 0 aliphatic carbocycles. The van der Waals surface area contributed by atoms with Crippen LogP contribution in [0.4, 0.5) is 5.69 Å². The highest BCUT2D eigenvalue weighted by Gasteiger charge is 2.21. The van der Waals surface area contributed by atoms with E-state index in [9.17, 15) is 4.79 Å². The molecule has 5 nitrogen and oxygen atoms in total. The molecule has 1 aromatic heterocycles. The number of fused-ring (bicyclic) bond motifs is 1. The maximum absolute atomic E-state index is 11.0. The van der Waals surface area contributed by atoms with Crippen molar-refractivity contribution in [2.75, 3.05) is 5.32 Å². The van der Waals surface area contributed by atoms with Crippen LogP contribution in [-0.4, -0.2) is 21.8 Å². The maximum atomic E-state index is 11.0. The van der Waals surface area contributed by atoms with E-state index in [1.54, 1.807) is 6.92 Å². The van der Waals surface area contributed by atoms with Crippen molar-refractivity contribution >= 4 is 23.7 Å². The lowest BCUT2D eigenvalue weighted by Crippen LogP contribution is -2.10. The second-order valence-electron chi connectivity index (χ2n) is 5.64. The van der Waals surface area contributed by atoms with Gasteiger partial charge in [0.2, 0.25) is 11.7 Å². The highest BCUT2D eigenvalue weighted by molar-refractivity contribution is 8.01. The van der Waals surface area contributed by atoms with Gasteiger partial charge in [0.05, 0.1) is 0 Å². The Kier molecular flexibility index (Phi) is 3.61. The largest absolute Gasteiger partial charge is 0.366 e. The molecule has 0 saturated heterocycles. The van der Waals surface area contributed by atoms with Gasteiger partial charge in [0.15, 0.2) is 6.29 Å². The number of aromatic nitrogens is 2. The molecule has 2 heterocycles. The first-order chi connectivity index (χ1) is 11.7. The first-order valence-electron chi connectivity index (χ1n) is 7.59. The average molecular weight is 337 g/mol. The Hall–Kier alpha value is -2.60. The van der Waals surface area contributed by atoms with Crippen LogP contribution >= 0.6 is 11.8 Å². The maximum Gasteiger partial charge on any atom is 0.223 e. The summed E-state index contributed by atoms with van der Waals surface area (Å²) in [5, 5.41) is 7.00. The third-order valence-corrected chi connectivity index (χ3v) is 5.14. The summed E-state index contributed by atoms with van der Waals surface area (Å²) >= 11 is 1.54. The zero-order valence-corrected chi connectivity index (χ0v) is 14.1. The van der Waals surface area contributed by atoms with E-state index in [0.29, 0.717) is 11.7 Å². The number of anilines is 1. The minimum atomic E-state index is -0.204. The topological polar surface area (TPSA) is 68.0 Å². The zero-order chi connectivity index (χ0) is 16.7. The van der Waals surface area contributed by atoms with E-state index in [2.05, 4.69) is 40.6 Å². The fraction of sp³-hybridized carbons (Fsp3) is 0.167. The number of carbonyl (C=O) groups is 1. The number of aryl methyl sites for hydroxylation is 1. The highest BCUT2D eigenvalue weighted by Crippen LogP contribution is 2.41. The van der Waals surface area contributed by atoms with Crippen LogP contribution in [0.3, 0.4) is 0 Å². The number of hydrogen-bond donors (Lipinski definition) is 1. The van der Waals surface area contributed by atoms with Gasteiger partial charge >= 0.3 is 0 Å². The van der Waals surface area contributed by atoms with Gasteiger partial charge in [-0.3, -0.25) is 0 Å². The van der Waals surface area contributed by atoms with Crippen molar-refractivity contribution in [2.45, 2.75) is 24.1 Å². The Bertz CT molecular complexity index is 936. The number of benzene rings is 2. The lowest BCUT2D eigenvalue weighted by atomic mass is 9.96. The fourth-order valence-corrected chi connectivity index (χ4v) is 3.85. The SMILES string of the molecule is Cc1nc(-c2cccc(-c3ccc4c(c3)SC(C=O)N4)c2C)no1. The van der Waals surface area contributed by atoms with Gasteiger partial charge in [-0.2, -0.15) is 4.98 Å². The van der Waals surface area contributed by atoms with Crippen molar-refractivity contribution in [3.8, 4) is 22.5 Å². The van der Waals surface area contributed by atoms with E-state index < -0.39 is 0 Å². The molecule has 0 radical (unpaired) electrons. The van der Waals surface area contributed by atoms with E-state index >= 15 is 0 Å². The predicted molar refractivity (Wildman–Crippen MR) is 94.0 cm³/mol. The van der Waals surface area contributed by atoms with Crippen molar-refractivity contribution in [3.05, 3.63) is 47.9 Å². The van der Waals surface area contributed by atoms with Crippen LogP contribution in [0.1, 0.15) is 11.5 Å². The van der Waals surface area contributed by atoms with Gasteiger partial charge in [0.1, 0.15) is 5.37 Å². The Morgan fingerprint density at radius 3 is 2.79 bits per heavy atom. The molecule has 0 spiro atoms. The van der Waals surface area contributed by atoms with Gasteiger partial charge < -0.3 is 14.6 Å². The normalized spacial score (nSPS) is 15.8. The van der Waals surface area contributed by atoms with Crippen LogP contribution in [0, 0.1) is 13.8 Å². The van der Waals surface area contributed by atoms with Crippen molar-refractivity contribution in [3.63, 3.8) is 0 Å². The minimum Gasteiger partial charge on any atom is -0.366 e. The quantitative estimate of drug-likeness (QED) is 0.727. The second kappa shape index (κ2) is 5.79. The molecule has 24 heavy (non-hydrogen) atoms. The summed E-state index contributed by atoms with van der Waals surface area (Å²) in [6.45, 7) is 3.84. The average Bonchev–Trinajstić information content (AvgIpc) is 3.20. The van der Waals surface area contributed by atoms with Crippen LogP contribution in [0.15, 0.2) is 45.8 Å². The van der Waals surface area contributed by atoms with Gasteiger partial charge in [-0.15, -0.1) is 0 Å². The summed E-state index contributed by atoms with van der Waals surface area (Å²) in [4.78, 5) is 16.4. The Balaban J connectivity index is 1.77. The van der Waals surface area contributed by atoms with E-state index in [-0.39, 0.29) is 5.37 Å². The number of carbonyl (C=O) groups excluding carboxylic acids is 1. The van der Waals surface area contributed by atoms with Crippen LogP contribution in [-0.2, 0) is 4.79 Å². The molecule has 2 aromatic carbocycles. The number of rotatable bonds is 3. The third kappa shape index (κ3) is 2.49. The van der Waals surface area contributed by atoms with Crippen molar-refractivity contribution in [1.29, 1.82) is 0 Å². The third-order valence-electron chi connectivity index (χ3n) is 4.07. The van der Waals surface area contributed by atoms with Gasteiger partial charge in [-0.05, 0) is 35.7 Å². The summed E-state index contributed by atoms with van der Waals surface area (Å²) in [6, 6.07) is 12.3. The number of nitrogens with zero attached hydrogens (tertiary/aromatic N) is 2. The molecule has 3 aromatic rings. The molecular weight excluding hydrogens is 322 g/mol. The number of hydrogen-bond acceptors (Lipinski definition) is 6. The summed E-state index contributed by atoms with van der Waals surface area (Å²) in [7, 11) is 0. The lowest BCUT2D eigenvalue weighted by molar-refractivity contribution is -0.107. The molecule has 1 atom stereocenters. The molecule has 1 N–H and O–H groups in total. The van der Waals surface area contributed by atoms with Gasteiger partial charge in [-0.25, -0.2) is 0 Å². The van der Waals surface area contributed by atoms with E-state index in [1.807, 2.05) is 18.2 Å². The molecule has 120 valence electrons. The Labute approximate surface area is 143 Å². The molecule has 1 unspecified atom stereocenters. The molecule has 1 aliphatic heterocycles. The van der Waals surface area contributed by atoms with Crippen LogP contribution in [0.25, 0.3) is 22.5 Å². The monoisotopic (exact) mass is 337 g/mol. The Morgan fingerprint density at radius 2 is 2.04 bits per heavy atom. The zero-order valence-electron chi connectivity index (χ0n) is 13.2. The van der Waals surface area contributed by atoms with Crippen LogP contribution in [0.5, 0.6) is 0 Å². The molecule has 0 saturated carbocycles. The van der Waals surface area contributed by atoms with E-state index in [1.165, 1.54) is 11.8 Å². The van der Waals surface area contributed by atoms with Crippen molar-refractivity contribution < 1.29 is 9.32 Å². The summed E-state index contributed by atoms with van der Waals surface area (Å²) in [5.74, 6) is 1.15. The minimum absolute atomic E-state index is 0.204. The number of aldehydes is 1. The summed E-state index contributed by atoms with van der Waals surface area (Å²) in [6.07, 6.45) is 0.925. The molecule has 0 fully saturated rings. The molecule has 4 rings (SSSR count). The molecular formula is C18H15N3O2S. The molecule has 6 heteroatoms. The summed E-state index contributed by atoms with van der Waals surface area (Å²) in [5.41, 5.74) is 5.29. The van der Waals surface area contributed by atoms with Crippen LogP contribution in [0.2, 0.25) is 0 Å². The molecule has 0 amide bonds. The lowest BCUT2D eigenvalue weighted by Gasteiger charge is -2.10. The molecule has 0 bridgehead atoms. The van der Waals surface area contributed by atoms with Crippen molar-refractivity contribution in [2.24, 2.45) is 0 Å². The van der Waals surface area contributed by atoms with E-state index in [0.717, 1.165) is 39.1 Å². The van der Waals surface area contributed by atoms with Gasteiger partial charge in [-0.1, -0.05) is 41.2 Å². The first-order valence-corrected chi connectivity index (χ1v) is 8.47.